The molecule has 2 atom stereocenters. The Labute approximate surface area is 91.2 Å². The molecule has 1 fully saturated rings. The first kappa shape index (κ1) is 10.7. The van der Waals surface area contributed by atoms with E-state index in [4.69, 9.17) is 9.47 Å². The predicted octanol–water partition coefficient (Wildman–Crippen LogP) is 2.77. The Kier molecular flexibility index (Phi) is 3.75. The Morgan fingerprint density at radius 2 is 2.00 bits per heavy atom. The summed E-state index contributed by atoms with van der Waals surface area (Å²) in [6, 6.07) is 10.2. The van der Waals surface area contributed by atoms with Gasteiger partial charge < -0.3 is 9.47 Å². The number of benzene rings is 1. The lowest BCUT2D eigenvalue weighted by molar-refractivity contribution is 0.104. The van der Waals surface area contributed by atoms with E-state index in [1.54, 1.807) is 0 Å². The van der Waals surface area contributed by atoms with Gasteiger partial charge >= 0.3 is 0 Å². The van der Waals surface area contributed by atoms with Gasteiger partial charge in [-0.3, -0.25) is 0 Å². The first-order chi connectivity index (χ1) is 7.40. The second-order valence-electron chi connectivity index (χ2n) is 4.00. The van der Waals surface area contributed by atoms with Gasteiger partial charge in [-0.2, -0.15) is 0 Å². The van der Waals surface area contributed by atoms with Crippen molar-refractivity contribution in [1.82, 2.24) is 0 Å². The zero-order valence-electron chi connectivity index (χ0n) is 9.19. The fraction of sp³-hybridized carbons (Fsp3) is 0.538. The minimum atomic E-state index is 0.355. The van der Waals surface area contributed by atoms with Gasteiger partial charge in [0.15, 0.2) is 0 Å². The van der Waals surface area contributed by atoms with Crippen molar-refractivity contribution in [3.8, 4) is 0 Å². The monoisotopic (exact) mass is 206 g/mol. The first-order valence-corrected chi connectivity index (χ1v) is 5.67. The maximum atomic E-state index is 5.60. The molecule has 1 saturated heterocycles. The zero-order valence-corrected chi connectivity index (χ0v) is 9.19. The van der Waals surface area contributed by atoms with Crippen LogP contribution >= 0.6 is 0 Å². The Morgan fingerprint density at radius 1 is 1.20 bits per heavy atom. The molecular formula is C13H18O2. The molecule has 0 aromatic heterocycles. The van der Waals surface area contributed by atoms with E-state index in [0.29, 0.717) is 18.8 Å². The van der Waals surface area contributed by atoms with Crippen molar-refractivity contribution in [3.63, 3.8) is 0 Å². The van der Waals surface area contributed by atoms with Gasteiger partial charge in [-0.05, 0) is 12.0 Å². The normalized spacial score (nSPS) is 24.1. The Morgan fingerprint density at radius 3 is 2.73 bits per heavy atom. The van der Waals surface area contributed by atoms with Gasteiger partial charge in [0.05, 0.1) is 19.3 Å². The van der Waals surface area contributed by atoms with Crippen LogP contribution in [0.15, 0.2) is 30.3 Å². The molecule has 15 heavy (non-hydrogen) atoms. The third-order valence-corrected chi connectivity index (χ3v) is 2.65. The van der Waals surface area contributed by atoms with Gasteiger partial charge in [0.25, 0.3) is 0 Å². The lowest BCUT2D eigenvalue weighted by atomic mass is 10.2. The van der Waals surface area contributed by atoms with E-state index in [0.717, 1.165) is 6.61 Å². The molecule has 0 aliphatic carbocycles. The van der Waals surface area contributed by atoms with Crippen molar-refractivity contribution in [2.75, 3.05) is 6.61 Å². The third kappa shape index (κ3) is 3.33. The highest BCUT2D eigenvalue weighted by atomic mass is 16.6. The van der Waals surface area contributed by atoms with Crippen LogP contribution in [0.4, 0.5) is 0 Å². The third-order valence-electron chi connectivity index (χ3n) is 2.65. The maximum absolute atomic E-state index is 5.60. The molecule has 0 saturated carbocycles. The summed E-state index contributed by atoms with van der Waals surface area (Å²) in [5.74, 6) is 0. The van der Waals surface area contributed by atoms with Crippen molar-refractivity contribution in [3.05, 3.63) is 35.9 Å². The van der Waals surface area contributed by atoms with E-state index < -0.39 is 0 Å². The highest BCUT2D eigenvalue weighted by molar-refractivity contribution is 5.13. The zero-order chi connectivity index (χ0) is 10.5. The molecule has 2 heteroatoms. The van der Waals surface area contributed by atoms with Crippen LogP contribution in [0.1, 0.15) is 25.3 Å². The summed E-state index contributed by atoms with van der Waals surface area (Å²) in [6.07, 6.45) is 3.18. The average Bonchev–Trinajstić information content (AvgIpc) is 2.99. The SMILES string of the molecule is CCC[C@@H]1O[C@H]1COCc1ccccc1. The van der Waals surface area contributed by atoms with Crippen molar-refractivity contribution < 1.29 is 9.47 Å². The minimum Gasteiger partial charge on any atom is -0.374 e. The molecule has 0 N–H and O–H groups in total. The number of rotatable bonds is 6. The van der Waals surface area contributed by atoms with Gasteiger partial charge in [0.1, 0.15) is 6.10 Å². The van der Waals surface area contributed by atoms with Crippen molar-refractivity contribution in [1.29, 1.82) is 0 Å². The summed E-state index contributed by atoms with van der Waals surface area (Å²) in [5.41, 5.74) is 1.23. The smallest absolute Gasteiger partial charge is 0.107 e. The van der Waals surface area contributed by atoms with E-state index in [1.165, 1.54) is 18.4 Å². The van der Waals surface area contributed by atoms with E-state index in [9.17, 15) is 0 Å². The van der Waals surface area contributed by atoms with E-state index in [1.807, 2.05) is 18.2 Å². The summed E-state index contributed by atoms with van der Waals surface area (Å²) in [5, 5.41) is 0. The number of hydrogen-bond acceptors (Lipinski definition) is 2. The molecule has 1 aromatic rings. The fourth-order valence-corrected chi connectivity index (χ4v) is 1.73. The van der Waals surface area contributed by atoms with Crippen LogP contribution < -0.4 is 0 Å². The predicted molar refractivity (Wildman–Crippen MR) is 59.7 cm³/mol. The topological polar surface area (TPSA) is 21.8 Å². The van der Waals surface area contributed by atoms with E-state index in [2.05, 4.69) is 19.1 Å². The molecule has 82 valence electrons. The Hall–Kier alpha value is -0.860. The van der Waals surface area contributed by atoms with Crippen LogP contribution in [-0.4, -0.2) is 18.8 Å². The van der Waals surface area contributed by atoms with Crippen molar-refractivity contribution in [2.45, 2.75) is 38.6 Å². The molecule has 0 radical (unpaired) electrons. The number of hydrogen-bond donors (Lipinski definition) is 0. The van der Waals surface area contributed by atoms with Gasteiger partial charge in [-0.1, -0.05) is 43.7 Å². The summed E-state index contributed by atoms with van der Waals surface area (Å²) in [4.78, 5) is 0. The number of epoxide rings is 1. The van der Waals surface area contributed by atoms with Crippen LogP contribution in [0.3, 0.4) is 0 Å². The van der Waals surface area contributed by atoms with Crippen molar-refractivity contribution >= 4 is 0 Å². The van der Waals surface area contributed by atoms with Gasteiger partial charge in [0.2, 0.25) is 0 Å². The lowest BCUT2D eigenvalue weighted by Gasteiger charge is -2.01. The molecule has 0 bridgehead atoms. The van der Waals surface area contributed by atoms with Crippen LogP contribution in [-0.2, 0) is 16.1 Å². The minimum absolute atomic E-state index is 0.355. The molecule has 0 unspecified atom stereocenters. The standard InChI is InChI=1S/C13H18O2/c1-2-6-12-13(15-12)10-14-9-11-7-4-3-5-8-11/h3-5,7-8,12-13H,2,6,9-10H2,1H3/t12-,13-/m0/s1. The highest BCUT2D eigenvalue weighted by Crippen LogP contribution is 2.26. The summed E-state index contributed by atoms with van der Waals surface area (Å²) in [7, 11) is 0. The average molecular weight is 206 g/mol. The molecule has 0 amide bonds. The molecule has 1 aromatic carbocycles. The summed E-state index contributed by atoms with van der Waals surface area (Å²) in [6.45, 7) is 3.61. The molecule has 1 aliphatic heterocycles. The Balaban J connectivity index is 1.60. The van der Waals surface area contributed by atoms with Crippen LogP contribution in [0.5, 0.6) is 0 Å². The van der Waals surface area contributed by atoms with Gasteiger partial charge in [0, 0.05) is 0 Å². The van der Waals surface area contributed by atoms with Crippen molar-refractivity contribution in [2.24, 2.45) is 0 Å². The second kappa shape index (κ2) is 5.29. The second-order valence-corrected chi connectivity index (χ2v) is 4.00. The van der Waals surface area contributed by atoms with Crippen LogP contribution in [0, 0.1) is 0 Å². The lowest BCUT2D eigenvalue weighted by Crippen LogP contribution is -2.04. The van der Waals surface area contributed by atoms with E-state index >= 15 is 0 Å². The first-order valence-electron chi connectivity index (χ1n) is 5.67. The quantitative estimate of drug-likeness (QED) is 0.667. The summed E-state index contributed by atoms with van der Waals surface area (Å²) >= 11 is 0. The largest absolute Gasteiger partial charge is 0.374 e. The molecular weight excluding hydrogens is 188 g/mol. The maximum Gasteiger partial charge on any atom is 0.107 e. The molecule has 2 rings (SSSR count). The number of ether oxygens (including phenoxy) is 2. The molecule has 0 spiro atoms. The molecule has 2 nitrogen and oxygen atoms in total. The van der Waals surface area contributed by atoms with Crippen LogP contribution in [0.25, 0.3) is 0 Å². The molecule has 1 heterocycles. The van der Waals surface area contributed by atoms with Crippen LogP contribution in [0.2, 0.25) is 0 Å². The van der Waals surface area contributed by atoms with Gasteiger partial charge in [-0.25, -0.2) is 0 Å². The Bertz CT molecular complexity index is 284. The fourth-order valence-electron chi connectivity index (χ4n) is 1.73. The van der Waals surface area contributed by atoms with Gasteiger partial charge in [-0.15, -0.1) is 0 Å². The van der Waals surface area contributed by atoms with E-state index in [-0.39, 0.29) is 0 Å². The summed E-state index contributed by atoms with van der Waals surface area (Å²) < 4.78 is 11.1. The highest BCUT2D eigenvalue weighted by Gasteiger charge is 2.37. The molecule has 1 aliphatic rings.